The van der Waals surface area contributed by atoms with Gasteiger partial charge in [0.25, 0.3) is 0 Å². The third-order valence-corrected chi connectivity index (χ3v) is 3.04. The van der Waals surface area contributed by atoms with Gasteiger partial charge in [-0.2, -0.15) is 0 Å². The SMILES string of the molecule is CC(CCc1ccco1)Nc1ccc(C(N)=S)nc1. The number of nitrogens with two attached hydrogens (primary N) is 1. The Morgan fingerprint density at radius 3 is 2.89 bits per heavy atom. The summed E-state index contributed by atoms with van der Waals surface area (Å²) in [5.41, 5.74) is 7.11. The molecule has 2 aromatic rings. The number of anilines is 1. The lowest BCUT2D eigenvalue weighted by Gasteiger charge is -2.14. The van der Waals surface area contributed by atoms with Gasteiger partial charge in [-0.05, 0) is 37.6 Å². The van der Waals surface area contributed by atoms with Crippen LogP contribution in [0.4, 0.5) is 5.69 Å². The van der Waals surface area contributed by atoms with E-state index < -0.39 is 0 Å². The number of nitrogens with one attached hydrogen (secondary N) is 1. The topological polar surface area (TPSA) is 64.1 Å². The van der Waals surface area contributed by atoms with Crippen molar-refractivity contribution in [2.45, 2.75) is 25.8 Å². The second-order valence-electron chi connectivity index (χ2n) is 4.46. The first-order valence-electron chi connectivity index (χ1n) is 6.20. The Hall–Kier alpha value is -1.88. The van der Waals surface area contributed by atoms with E-state index in [2.05, 4.69) is 17.2 Å². The molecule has 0 aromatic carbocycles. The largest absolute Gasteiger partial charge is 0.469 e. The normalized spacial score (nSPS) is 12.1. The zero-order chi connectivity index (χ0) is 13.7. The Kier molecular flexibility index (Phi) is 4.52. The zero-order valence-electron chi connectivity index (χ0n) is 10.8. The molecule has 100 valence electrons. The summed E-state index contributed by atoms with van der Waals surface area (Å²) >= 11 is 4.86. The fraction of sp³-hybridized carbons (Fsp3) is 0.286. The Balaban J connectivity index is 1.84. The second-order valence-corrected chi connectivity index (χ2v) is 4.90. The first-order chi connectivity index (χ1) is 9.15. The van der Waals surface area contributed by atoms with Crippen LogP contribution < -0.4 is 11.1 Å². The van der Waals surface area contributed by atoms with E-state index in [1.807, 2.05) is 24.3 Å². The molecule has 0 saturated carbocycles. The summed E-state index contributed by atoms with van der Waals surface area (Å²) in [7, 11) is 0. The summed E-state index contributed by atoms with van der Waals surface area (Å²) < 4.78 is 5.31. The van der Waals surface area contributed by atoms with Crippen LogP contribution >= 0.6 is 12.2 Å². The lowest BCUT2D eigenvalue weighted by atomic mass is 10.1. The number of aryl methyl sites for hydroxylation is 1. The molecule has 0 fully saturated rings. The number of aromatic nitrogens is 1. The van der Waals surface area contributed by atoms with Gasteiger partial charge < -0.3 is 15.5 Å². The predicted molar refractivity (Wildman–Crippen MR) is 80.2 cm³/mol. The molecule has 1 unspecified atom stereocenters. The minimum Gasteiger partial charge on any atom is -0.469 e. The Labute approximate surface area is 118 Å². The first-order valence-corrected chi connectivity index (χ1v) is 6.61. The van der Waals surface area contributed by atoms with Crippen molar-refractivity contribution in [1.82, 2.24) is 4.98 Å². The number of furan rings is 1. The van der Waals surface area contributed by atoms with Gasteiger partial charge in [-0.1, -0.05) is 12.2 Å². The predicted octanol–water partition coefficient (Wildman–Crippen LogP) is 2.74. The van der Waals surface area contributed by atoms with Crippen LogP contribution in [0.5, 0.6) is 0 Å². The Morgan fingerprint density at radius 2 is 2.32 bits per heavy atom. The summed E-state index contributed by atoms with van der Waals surface area (Å²) in [4.78, 5) is 4.51. The molecule has 5 heteroatoms. The number of thiocarbonyl (C=S) groups is 1. The monoisotopic (exact) mass is 275 g/mol. The maximum absolute atomic E-state index is 5.51. The maximum atomic E-state index is 5.51. The third kappa shape index (κ3) is 4.06. The molecule has 19 heavy (non-hydrogen) atoms. The average molecular weight is 275 g/mol. The van der Waals surface area contributed by atoms with Gasteiger partial charge in [0.1, 0.15) is 10.7 Å². The van der Waals surface area contributed by atoms with E-state index in [-0.39, 0.29) is 0 Å². The highest BCUT2D eigenvalue weighted by molar-refractivity contribution is 7.80. The third-order valence-electron chi connectivity index (χ3n) is 2.83. The minimum absolute atomic E-state index is 0.317. The van der Waals surface area contributed by atoms with E-state index in [9.17, 15) is 0 Å². The van der Waals surface area contributed by atoms with E-state index in [4.69, 9.17) is 22.4 Å². The number of rotatable bonds is 6. The number of pyridine rings is 1. The minimum atomic E-state index is 0.317. The van der Waals surface area contributed by atoms with Crippen LogP contribution in [0.2, 0.25) is 0 Å². The fourth-order valence-corrected chi connectivity index (χ4v) is 1.92. The first kappa shape index (κ1) is 13.5. The van der Waals surface area contributed by atoms with E-state index in [1.54, 1.807) is 12.5 Å². The molecule has 2 heterocycles. The highest BCUT2D eigenvalue weighted by atomic mass is 32.1. The van der Waals surface area contributed by atoms with Gasteiger partial charge in [-0.3, -0.25) is 4.98 Å². The zero-order valence-corrected chi connectivity index (χ0v) is 11.6. The van der Waals surface area contributed by atoms with Crippen molar-refractivity contribution in [3.05, 3.63) is 48.2 Å². The van der Waals surface area contributed by atoms with Gasteiger partial charge >= 0.3 is 0 Å². The molecule has 0 aliphatic rings. The number of nitrogens with zero attached hydrogens (tertiary/aromatic N) is 1. The Morgan fingerprint density at radius 1 is 1.47 bits per heavy atom. The lowest BCUT2D eigenvalue weighted by Crippen LogP contribution is -2.17. The molecule has 2 aromatic heterocycles. The second kappa shape index (κ2) is 6.33. The van der Waals surface area contributed by atoms with Gasteiger partial charge in [0.05, 0.1) is 23.8 Å². The summed E-state index contributed by atoms with van der Waals surface area (Å²) in [5, 5.41) is 3.38. The van der Waals surface area contributed by atoms with Crippen LogP contribution in [-0.4, -0.2) is 16.0 Å². The fourth-order valence-electron chi connectivity index (χ4n) is 1.80. The molecule has 2 rings (SSSR count). The Bertz CT molecular complexity index is 522. The summed E-state index contributed by atoms with van der Waals surface area (Å²) in [5.74, 6) is 1.01. The smallest absolute Gasteiger partial charge is 0.122 e. The van der Waals surface area contributed by atoms with Crippen molar-refractivity contribution < 1.29 is 4.42 Å². The van der Waals surface area contributed by atoms with Crippen LogP contribution in [0.1, 0.15) is 24.8 Å². The van der Waals surface area contributed by atoms with Gasteiger partial charge in [-0.15, -0.1) is 0 Å². The molecule has 0 aliphatic heterocycles. The van der Waals surface area contributed by atoms with Gasteiger partial charge in [0, 0.05) is 12.5 Å². The quantitative estimate of drug-likeness (QED) is 0.794. The van der Waals surface area contributed by atoms with Crippen LogP contribution in [0.3, 0.4) is 0 Å². The van der Waals surface area contributed by atoms with Crippen LogP contribution in [-0.2, 0) is 6.42 Å². The molecule has 0 bridgehead atoms. The molecule has 0 aliphatic carbocycles. The van der Waals surface area contributed by atoms with E-state index in [0.717, 1.165) is 24.3 Å². The number of hydrogen-bond donors (Lipinski definition) is 2. The van der Waals surface area contributed by atoms with Crippen LogP contribution in [0.15, 0.2) is 41.1 Å². The van der Waals surface area contributed by atoms with Crippen molar-refractivity contribution in [3.8, 4) is 0 Å². The maximum Gasteiger partial charge on any atom is 0.122 e. The van der Waals surface area contributed by atoms with E-state index in [1.165, 1.54) is 0 Å². The molecule has 0 spiro atoms. The molecule has 0 radical (unpaired) electrons. The van der Waals surface area contributed by atoms with Crippen molar-refractivity contribution in [1.29, 1.82) is 0 Å². The van der Waals surface area contributed by atoms with Crippen molar-refractivity contribution in [3.63, 3.8) is 0 Å². The standard InChI is InChI=1S/C14H17N3OS/c1-10(4-6-12-3-2-8-18-12)17-11-5-7-13(14(15)19)16-9-11/h2-3,5,7-10,17H,4,6H2,1H3,(H2,15,19). The highest BCUT2D eigenvalue weighted by Gasteiger charge is 2.05. The highest BCUT2D eigenvalue weighted by Crippen LogP contribution is 2.12. The molecule has 4 nitrogen and oxygen atoms in total. The summed E-state index contributed by atoms with van der Waals surface area (Å²) in [6, 6.07) is 7.99. The molecular formula is C14H17N3OS. The molecule has 0 amide bonds. The van der Waals surface area contributed by atoms with E-state index >= 15 is 0 Å². The molecular weight excluding hydrogens is 258 g/mol. The van der Waals surface area contributed by atoms with Gasteiger partial charge in [0.15, 0.2) is 0 Å². The van der Waals surface area contributed by atoms with Crippen molar-refractivity contribution in [2.24, 2.45) is 5.73 Å². The van der Waals surface area contributed by atoms with Gasteiger partial charge in [-0.25, -0.2) is 0 Å². The molecule has 1 atom stereocenters. The van der Waals surface area contributed by atoms with Crippen molar-refractivity contribution >= 4 is 22.9 Å². The average Bonchev–Trinajstić information content (AvgIpc) is 2.90. The van der Waals surface area contributed by atoms with E-state index in [0.29, 0.717) is 16.7 Å². The summed E-state index contributed by atoms with van der Waals surface area (Å²) in [6.07, 6.45) is 5.35. The molecule has 0 saturated heterocycles. The van der Waals surface area contributed by atoms with Crippen LogP contribution in [0.25, 0.3) is 0 Å². The molecule has 3 N–H and O–H groups in total. The van der Waals surface area contributed by atoms with Crippen molar-refractivity contribution in [2.75, 3.05) is 5.32 Å². The number of hydrogen-bond acceptors (Lipinski definition) is 4. The van der Waals surface area contributed by atoms with Gasteiger partial charge in [0.2, 0.25) is 0 Å². The van der Waals surface area contributed by atoms with Crippen LogP contribution in [0, 0.1) is 0 Å². The summed E-state index contributed by atoms with van der Waals surface area (Å²) in [6.45, 7) is 2.13. The lowest BCUT2D eigenvalue weighted by molar-refractivity contribution is 0.495.